The zero-order chi connectivity index (χ0) is 14.5. The van der Waals surface area contributed by atoms with Crippen LogP contribution in [0.1, 0.15) is 29.8 Å². The number of amides is 1. The third kappa shape index (κ3) is 4.37. The van der Waals surface area contributed by atoms with E-state index in [9.17, 15) is 9.59 Å². The molecule has 0 fully saturated rings. The lowest BCUT2D eigenvalue weighted by molar-refractivity contribution is -0.128. The molecule has 5 heteroatoms. The summed E-state index contributed by atoms with van der Waals surface area (Å²) in [7, 11) is 1.62. The van der Waals surface area contributed by atoms with Gasteiger partial charge < -0.3 is 15.7 Å². The van der Waals surface area contributed by atoms with E-state index >= 15 is 0 Å². The van der Waals surface area contributed by atoms with Crippen molar-refractivity contribution >= 4 is 11.9 Å². The Bertz CT molecular complexity index is 452. The van der Waals surface area contributed by atoms with E-state index in [1.807, 2.05) is 13.8 Å². The van der Waals surface area contributed by atoms with Crippen molar-refractivity contribution in [1.29, 1.82) is 0 Å². The number of benzene rings is 1. The van der Waals surface area contributed by atoms with E-state index < -0.39 is 11.4 Å². The average Bonchev–Trinajstić information content (AvgIpc) is 2.38. The Labute approximate surface area is 113 Å². The first-order valence-corrected chi connectivity index (χ1v) is 6.12. The number of aromatic carboxylic acids is 1. The maximum absolute atomic E-state index is 11.6. The summed E-state index contributed by atoms with van der Waals surface area (Å²) in [5.74, 6) is -0.943. The molecule has 0 aliphatic rings. The second-order valence-electron chi connectivity index (χ2n) is 5.07. The predicted octanol–water partition coefficient (Wildman–Crippen LogP) is 1.25. The summed E-state index contributed by atoms with van der Waals surface area (Å²) in [6, 6.07) is 6.68. The third-order valence-corrected chi connectivity index (χ3v) is 2.94. The summed E-state index contributed by atoms with van der Waals surface area (Å²) in [6.45, 7) is 4.88. The minimum atomic E-state index is -0.930. The molecule has 104 valence electrons. The summed E-state index contributed by atoms with van der Waals surface area (Å²) >= 11 is 0. The smallest absolute Gasteiger partial charge is 0.335 e. The molecule has 0 aromatic heterocycles. The Hall–Kier alpha value is -1.88. The Kier molecular flexibility index (Phi) is 5.06. The van der Waals surface area contributed by atoms with E-state index in [0.717, 1.165) is 5.56 Å². The van der Waals surface area contributed by atoms with Crippen LogP contribution in [0.25, 0.3) is 0 Å². The zero-order valence-corrected chi connectivity index (χ0v) is 11.5. The van der Waals surface area contributed by atoms with Crippen molar-refractivity contribution in [3.63, 3.8) is 0 Å². The quantitative estimate of drug-likeness (QED) is 0.722. The maximum Gasteiger partial charge on any atom is 0.335 e. The number of carboxylic acids is 1. The van der Waals surface area contributed by atoms with Crippen LogP contribution < -0.4 is 10.6 Å². The summed E-state index contributed by atoms with van der Waals surface area (Å²) in [4.78, 5) is 22.3. The summed E-state index contributed by atoms with van der Waals surface area (Å²) < 4.78 is 0. The van der Waals surface area contributed by atoms with Gasteiger partial charge in [0.05, 0.1) is 11.0 Å². The molecule has 3 N–H and O–H groups in total. The molecule has 0 aliphatic heterocycles. The normalized spacial score (nSPS) is 11.1. The van der Waals surface area contributed by atoms with Gasteiger partial charge in [-0.05, 0) is 31.5 Å². The number of carbonyl (C=O) groups is 2. The first kappa shape index (κ1) is 15.2. The van der Waals surface area contributed by atoms with Crippen molar-refractivity contribution in [1.82, 2.24) is 10.6 Å². The van der Waals surface area contributed by atoms with Crippen LogP contribution >= 0.6 is 0 Å². The van der Waals surface area contributed by atoms with Crippen molar-refractivity contribution < 1.29 is 14.7 Å². The molecule has 0 unspecified atom stereocenters. The minimum absolute atomic E-state index is 0.0128. The second kappa shape index (κ2) is 6.33. The molecule has 0 heterocycles. The van der Waals surface area contributed by atoms with Crippen LogP contribution in [0.3, 0.4) is 0 Å². The van der Waals surface area contributed by atoms with Crippen molar-refractivity contribution in [2.75, 3.05) is 13.6 Å². The average molecular weight is 264 g/mol. The highest BCUT2D eigenvalue weighted by molar-refractivity contribution is 5.87. The number of nitrogens with one attached hydrogen (secondary N) is 2. The number of hydrogen-bond donors (Lipinski definition) is 3. The van der Waals surface area contributed by atoms with Crippen molar-refractivity contribution in [3.05, 3.63) is 35.4 Å². The standard InChI is InChI=1S/C14H20N2O3/c1-14(2,13(19)15-3)9-16-8-10-4-6-11(7-5-10)12(17)18/h4-7,16H,8-9H2,1-3H3,(H,15,19)(H,17,18). The SMILES string of the molecule is CNC(=O)C(C)(C)CNCc1ccc(C(=O)O)cc1. The predicted molar refractivity (Wildman–Crippen MR) is 73.0 cm³/mol. The summed E-state index contributed by atoms with van der Waals surface area (Å²) in [5, 5.41) is 14.6. The molecule has 0 bridgehead atoms. The number of hydrogen-bond acceptors (Lipinski definition) is 3. The van der Waals surface area contributed by atoms with Crippen LogP contribution in [0.15, 0.2) is 24.3 Å². The van der Waals surface area contributed by atoms with Gasteiger partial charge in [0.25, 0.3) is 0 Å². The van der Waals surface area contributed by atoms with E-state index in [1.54, 1.807) is 31.3 Å². The van der Waals surface area contributed by atoms with Crippen molar-refractivity contribution in [2.45, 2.75) is 20.4 Å². The van der Waals surface area contributed by atoms with E-state index in [0.29, 0.717) is 13.1 Å². The van der Waals surface area contributed by atoms with E-state index in [1.165, 1.54) is 0 Å². The van der Waals surface area contributed by atoms with Crippen molar-refractivity contribution in [2.24, 2.45) is 5.41 Å². The van der Waals surface area contributed by atoms with Gasteiger partial charge in [-0.25, -0.2) is 4.79 Å². The number of carboxylic acid groups (broad SMARTS) is 1. The van der Waals surface area contributed by atoms with Gasteiger partial charge >= 0.3 is 5.97 Å². The minimum Gasteiger partial charge on any atom is -0.478 e. The monoisotopic (exact) mass is 264 g/mol. The van der Waals surface area contributed by atoms with Gasteiger partial charge in [0.2, 0.25) is 5.91 Å². The fraction of sp³-hybridized carbons (Fsp3) is 0.429. The first-order valence-electron chi connectivity index (χ1n) is 6.12. The molecule has 1 rings (SSSR count). The van der Waals surface area contributed by atoms with E-state index in [2.05, 4.69) is 10.6 Å². The molecule has 0 spiro atoms. The van der Waals surface area contributed by atoms with Crippen LogP contribution in [-0.4, -0.2) is 30.6 Å². The van der Waals surface area contributed by atoms with Gasteiger partial charge in [-0.2, -0.15) is 0 Å². The van der Waals surface area contributed by atoms with E-state index in [-0.39, 0.29) is 11.5 Å². The lowest BCUT2D eigenvalue weighted by Gasteiger charge is -2.22. The van der Waals surface area contributed by atoms with Crippen LogP contribution in [0.2, 0.25) is 0 Å². The molecule has 1 amide bonds. The molecule has 0 atom stereocenters. The fourth-order valence-corrected chi connectivity index (χ4v) is 1.70. The Morgan fingerprint density at radius 1 is 1.21 bits per heavy atom. The van der Waals surface area contributed by atoms with Gasteiger partial charge in [0.1, 0.15) is 0 Å². The molecule has 19 heavy (non-hydrogen) atoms. The first-order chi connectivity index (χ1) is 8.86. The van der Waals surface area contributed by atoms with Gasteiger partial charge in [-0.1, -0.05) is 12.1 Å². The van der Waals surface area contributed by atoms with Gasteiger partial charge in [-0.3, -0.25) is 4.79 Å². The van der Waals surface area contributed by atoms with E-state index in [4.69, 9.17) is 5.11 Å². The van der Waals surface area contributed by atoms with Crippen molar-refractivity contribution in [3.8, 4) is 0 Å². The number of carbonyl (C=O) groups excluding carboxylic acids is 1. The number of rotatable bonds is 6. The molecular weight excluding hydrogens is 244 g/mol. The molecule has 0 saturated heterocycles. The summed E-state index contributed by atoms with van der Waals surface area (Å²) in [6.07, 6.45) is 0. The highest BCUT2D eigenvalue weighted by atomic mass is 16.4. The Balaban J connectivity index is 2.49. The molecule has 0 aliphatic carbocycles. The van der Waals surface area contributed by atoms with Crippen LogP contribution in [0.4, 0.5) is 0 Å². The fourth-order valence-electron chi connectivity index (χ4n) is 1.70. The van der Waals surface area contributed by atoms with Crippen LogP contribution in [-0.2, 0) is 11.3 Å². The molecule has 1 aromatic rings. The Morgan fingerprint density at radius 2 is 1.79 bits per heavy atom. The topological polar surface area (TPSA) is 78.4 Å². The zero-order valence-electron chi connectivity index (χ0n) is 11.5. The van der Waals surface area contributed by atoms with Gasteiger partial charge in [0.15, 0.2) is 0 Å². The highest BCUT2D eigenvalue weighted by Gasteiger charge is 2.25. The third-order valence-electron chi connectivity index (χ3n) is 2.94. The molecule has 0 radical (unpaired) electrons. The lowest BCUT2D eigenvalue weighted by Crippen LogP contribution is -2.41. The largest absolute Gasteiger partial charge is 0.478 e. The summed E-state index contributed by atoms with van der Waals surface area (Å²) in [5.41, 5.74) is 0.780. The maximum atomic E-state index is 11.6. The van der Waals surface area contributed by atoms with Gasteiger partial charge in [-0.15, -0.1) is 0 Å². The van der Waals surface area contributed by atoms with Gasteiger partial charge in [0, 0.05) is 20.1 Å². The van der Waals surface area contributed by atoms with Crippen LogP contribution in [0.5, 0.6) is 0 Å². The molecule has 5 nitrogen and oxygen atoms in total. The highest BCUT2D eigenvalue weighted by Crippen LogP contribution is 2.13. The molecular formula is C14H20N2O3. The Morgan fingerprint density at radius 3 is 2.26 bits per heavy atom. The van der Waals surface area contributed by atoms with Crippen LogP contribution in [0, 0.1) is 5.41 Å². The molecule has 1 aromatic carbocycles. The second-order valence-corrected chi connectivity index (χ2v) is 5.07. The molecule has 0 saturated carbocycles. The lowest BCUT2D eigenvalue weighted by atomic mass is 9.92.